The van der Waals surface area contributed by atoms with Crippen LogP contribution in [0, 0.1) is 0 Å². The van der Waals surface area contributed by atoms with Gasteiger partial charge in [0, 0.05) is 5.69 Å². The van der Waals surface area contributed by atoms with E-state index in [0.29, 0.717) is 22.8 Å². The van der Waals surface area contributed by atoms with Gasteiger partial charge in [-0.15, -0.1) is 5.10 Å². The number of nitrogens with zero attached hydrogens (tertiary/aromatic N) is 2. The van der Waals surface area contributed by atoms with Crippen molar-refractivity contribution in [1.29, 1.82) is 0 Å². The molecule has 1 amide bonds. The van der Waals surface area contributed by atoms with Crippen molar-refractivity contribution in [1.82, 2.24) is 9.59 Å². The van der Waals surface area contributed by atoms with E-state index in [9.17, 15) is 18.4 Å². The first kappa shape index (κ1) is 16.0. The number of esters is 1. The third kappa shape index (κ3) is 3.61. The Bertz CT molecular complexity index is 673. The van der Waals surface area contributed by atoms with E-state index in [4.69, 9.17) is 4.74 Å². The predicted octanol–water partition coefficient (Wildman–Crippen LogP) is 2.90. The number of carbonyl (C=O) groups excluding carboxylic acids is 2. The molecule has 0 saturated carbocycles. The maximum absolute atomic E-state index is 12.6. The van der Waals surface area contributed by atoms with Gasteiger partial charge in [0.05, 0.1) is 12.2 Å². The van der Waals surface area contributed by atoms with Gasteiger partial charge in [0.15, 0.2) is 5.69 Å². The molecule has 6 nitrogen and oxygen atoms in total. The lowest BCUT2D eigenvalue weighted by Gasteiger charge is -2.06. The molecule has 0 aliphatic rings. The summed E-state index contributed by atoms with van der Waals surface area (Å²) in [7, 11) is 0. The number of anilines is 1. The van der Waals surface area contributed by atoms with Crippen LogP contribution in [0.4, 0.5) is 14.5 Å². The molecule has 2 rings (SSSR count). The second-order valence-electron chi connectivity index (χ2n) is 4.04. The Balaban J connectivity index is 2.09. The Labute approximate surface area is 128 Å². The van der Waals surface area contributed by atoms with Gasteiger partial charge in [0.2, 0.25) is 0 Å². The fourth-order valence-electron chi connectivity index (χ4n) is 1.59. The zero-order valence-corrected chi connectivity index (χ0v) is 12.2. The van der Waals surface area contributed by atoms with Crippen molar-refractivity contribution in [2.24, 2.45) is 0 Å². The number of hydrogen-bond donors (Lipinski definition) is 1. The van der Waals surface area contributed by atoms with E-state index in [0.717, 1.165) is 0 Å². The highest BCUT2D eigenvalue weighted by atomic mass is 32.1. The highest BCUT2D eigenvalue weighted by Crippen LogP contribution is 2.24. The maximum Gasteiger partial charge on any atom is 0.338 e. The molecule has 0 radical (unpaired) electrons. The van der Waals surface area contributed by atoms with E-state index in [1.54, 1.807) is 6.92 Å². The van der Waals surface area contributed by atoms with Crippen molar-refractivity contribution in [2.75, 3.05) is 11.9 Å². The van der Waals surface area contributed by atoms with Crippen LogP contribution in [0.15, 0.2) is 24.3 Å². The Hall–Kier alpha value is -2.42. The topological polar surface area (TPSA) is 81.2 Å². The number of nitrogens with one attached hydrogen (secondary N) is 1. The number of amides is 1. The Kier molecular flexibility index (Phi) is 5.10. The van der Waals surface area contributed by atoms with Crippen LogP contribution in [0.3, 0.4) is 0 Å². The molecule has 22 heavy (non-hydrogen) atoms. The van der Waals surface area contributed by atoms with Crippen LogP contribution >= 0.6 is 11.5 Å². The first-order valence-corrected chi connectivity index (χ1v) is 6.99. The monoisotopic (exact) mass is 327 g/mol. The summed E-state index contributed by atoms with van der Waals surface area (Å²) in [5.74, 6) is -1.21. The van der Waals surface area contributed by atoms with Gasteiger partial charge < -0.3 is 10.1 Å². The number of hydrogen-bond acceptors (Lipinski definition) is 6. The first-order chi connectivity index (χ1) is 10.5. The fourth-order valence-corrected chi connectivity index (χ4v) is 2.16. The molecule has 0 atom stereocenters. The van der Waals surface area contributed by atoms with Gasteiger partial charge in [-0.3, -0.25) is 4.79 Å². The molecule has 1 aromatic carbocycles. The molecule has 1 heterocycles. The van der Waals surface area contributed by atoms with Gasteiger partial charge in [-0.2, -0.15) is 0 Å². The number of halogens is 2. The third-order valence-electron chi connectivity index (χ3n) is 2.58. The zero-order chi connectivity index (χ0) is 16.1. The van der Waals surface area contributed by atoms with Crippen LogP contribution in [-0.2, 0) is 4.74 Å². The molecule has 116 valence electrons. The number of benzene rings is 1. The average molecular weight is 327 g/mol. The van der Waals surface area contributed by atoms with E-state index in [2.05, 4.69) is 14.9 Å². The molecular weight excluding hydrogens is 316 g/mol. The molecule has 0 saturated heterocycles. The van der Waals surface area contributed by atoms with E-state index in [-0.39, 0.29) is 11.5 Å². The second kappa shape index (κ2) is 7.03. The molecular formula is C13H11F2N3O3S. The number of carbonyl (C=O) groups is 2. The van der Waals surface area contributed by atoms with Crippen LogP contribution < -0.4 is 5.32 Å². The summed E-state index contributed by atoms with van der Waals surface area (Å²) < 4.78 is 33.5. The highest BCUT2D eigenvalue weighted by molar-refractivity contribution is 7.08. The molecule has 9 heteroatoms. The summed E-state index contributed by atoms with van der Waals surface area (Å²) in [4.78, 5) is 23.1. The SMILES string of the molecule is CCOC(=O)c1ccc(NC(=O)c2snnc2C(F)F)cc1. The van der Waals surface area contributed by atoms with Crippen molar-refractivity contribution in [3.63, 3.8) is 0 Å². The van der Waals surface area contributed by atoms with E-state index < -0.39 is 24.0 Å². The van der Waals surface area contributed by atoms with Crippen molar-refractivity contribution >= 4 is 29.1 Å². The van der Waals surface area contributed by atoms with Crippen molar-refractivity contribution in [2.45, 2.75) is 13.3 Å². The Morgan fingerprint density at radius 3 is 2.59 bits per heavy atom. The molecule has 0 bridgehead atoms. The summed E-state index contributed by atoms with van der Waals surface area (Å²) in [6.45, 7) is 1.95. The summed E-state index contributed by atoms with van der Waals surface area (Å²) >= 11 is 0.593. The highest BCUT2D eigenvalue weighted by Gasteiger charge is 2.23. The van der Waals surface area contributed by atoms with Crippen molar-refractivity contribution in [3.05, 3.63) is 40.4 Å². The lowest BCUT2D eigenvalue weighted by atomic mass is 10.2. The Morgan fingerprint density at radius 1 is 1.32 bits per heavy atom. The van der Waals surface area contributed by atoms with Crippen molar-refractivity contribution in [3.8, 4) is 0 Å². The van der Waals surface area contributed by atoms with Crippen molar-refractivity contribution < 1.29 is 23.1 Å². The van der Waals surface area contributed by atoms with E-state index in [1.807, 2.05) is 0 Å². The molecule has 0 spiro atoms. The Morgan fingerprint density at radius 2 is 2.00 bits per heavy atom. The summed E-state index contributed by atoms with van der Waals surface area (Å²) in [5, 5.41) is 5.68. The van der Waals surface area contributed by atoms with Gasteiger partial charge >= 0.3 is 5.97 Å². The smallest absolute Gasteiger partial charge is 0.338 e. The molecule has 1 aromatic heterocycles. The molecule has 0 aliphatic heterocycles. The molecule has 0 aliphatic carbocycles. The van der Waals surface area contributed by atoms with E-state index in [1.165, 1.54) is 24.3 Å². The minimum absolute atomic E-state index is 0.246. The minimum Gasteiger partial charge on any atom is -0.462 e. The number of aromatic nitrogens is 2. The van der Waals surface area contributed by atoms with Gasteiger partial charge in [0.1, 0.15) is 4.88 Å². The normalized spacial score (nSPS) is 10.5. The number of rotatable bonds is 5. The third-order valence-corrected chi connectivity index (χ3v) is 3.32. The van der Waals surface area contributed by atoms with Crippen LogP contribution in [0.1, 0.15) is 39.1 Å². The number of alkyl halides is 2. The largest absolute Gasteiger partial charge is 0.462 e. The predicted molar refractivity (Wildman–Crippen MR) is 75.2 cm³/mol. The summed E-state index contributed by atoms with van der Waals surface area (Å²) in [6.07, 6.45) is -2.87. The minimum atomic E-state index is -2.87. The van der Waals surface area contributed by atoms with Gasteiger partial charge in [-0.05, 0) is 42.7 Å². The summed E-state index contributed by atoms with van der Waals surface area (Å²) in [5.41, 5.74) is 0.0323. The molecule has 0 fully saturated rings. The first-order valence-electron chi connectivity index (χ1n) is 6.21. The van der Waals surface area contributed by atoms with Crippen LogP contribution in [0.25, 0.3) is 0 Å². The maximum atomic E-state index is 12.6. The van der Waals surface area contributed by atoms with Crippen LogP contribution in [0.2, 0.25) is 0 Å². The lowest BCUT2D eigenvalue weighted by molar-refractivity contribution is 0.0526. The van der Waals surface area contributed by atoms with E-state index >= 15 is 0 Å². The second-order valence-corrected chi connectivity index (χ2v) is 4.79. The number of ether oxygens (including phenoxy) is 1. The average Bonchev–Trinajstić information content (AvgIpc) is 2.98. The van der Waals surface area contributed by atoms with Gasteiger partial charge in [-0.25, -0.2) is 13.6 Å². The van der Waals surface area contributed by atoms with Gasteiger partial charge in [-0.1, -0.05) is 4.49 Å². The van der Waals surface area contributed by atoms with Crippen LogP contribution in [0.5, 0.6) is 0 Å². The molecule has 1 N–H and O–H groups in total. The van der Waals surface area contributed by atoms with Gasteiger partial charge in [0.25, 0.3) is 12.3 Å². The lowest BCUT2D eigenvalue weighted by Crippen LogP contribution is -2.13. The molecule has 2 aromatic rings. The summed E-state index contributed by atoms with van der Waals surface area (Å²) in [6, 6.07) is 5.88. The van der Waals surface area contributed by atoms with Crippen LogP contribution in [-0.4, -0.2) is 28.1 Å². The zero-order valence-electron chi connectivity index (χ0n) is 11.4. The quantitative estimate of drug-likeness (QED) is 0.854. The standard InChI is InChI=1S/C13H11F2N3O3S/c1-2-21-13(20)7-3-5-8(6-4-7)16-12(19)10-9(11(14)15)17-18-22-10/h3-6,11H,2H2,1H3,(H,16,19). The molecule has 0 unspecified atom stereocenters. The fraction of sp³-hybridized carbons (Fsp3) is 0.231.